The van der Waals surface area contributed by atoms with E-state index >= 15 is 0 Å². The molecule has 3 nitrogen and oxygen atoms in total. The van der Waals surface area contributed by atoms with Crippen molar-refractivity contribution < 1.29 is 14.3 Å². The van der Waals surface area contributed by atoms with Gasteiger partial charge in [0.25, 0.3) is 0 Å². The quantitative estimate of drug-likeness (QED) is 0.256. The molecule has 0 saturated heterocycles. The smallest absolute Gasteiger partial charge is 0.372 e. The van der Waals surface area contributed by atoms with Gasteiger partial charge in [-0.25, -0.2) is 4.79 Å². The highest BCUT2D eigenvalue weighted by Gasteiger charge is 2.08. The van der Waals surface area contributed by atoms with Gasteiger partial charge in [-0.05, 0) is 19.4 Å². The first kappa shape index (κ1) is 14.0. The number of unbranched alkanes of at least 4 members (excludes halogenated alkanes) is 3. The molecule has 0 aliphatic carbocycles. The zero-order chi connectivity index (χ0) is 11.5. The van der Waals surface area contributed by atoms with Crippen molar-refractivity contribution in [3.63, 3.8) is 0 Å². The van der Waals surface area contributed by atoms with E-state index in [2.05, 4.69) is 13.5 Å². The molecule has 0 heterocycles. The summed E-state index contributed by atoms with van der Waals surface area (Å²) in [5.41, 5.74) is 0. The Kier molecular flexibility index (Phi) is 8.93. The van der Waals surface area contributed by atoms with Gasteiger partial charge in [0, 0.05) is 0 Å². The van der Waals surface area contributed by atoms with Crippen molar-refractivity contribution in [2.24, 2.45) is 0 Å². The molecular weight excluding hydrogens is 192 g/mol. The maximum absolute atomic E-state index is 11.2. The van der Waals surface area contributed by atoms with E-state index in [0.29, 0.717) is 13.2 Å². The van der Waals surface area contributed by atoms with Gasteiger partial charge in [0.05, 0.1) is 13.2 Å². The molecule has 0 aromatic rings. The molecule has 0 atom stereocenters. The van der Waals surface area contributed by atoms with E-state index in [0.717, 1.165) is 19.3 Å². The summed E-state index contributed by atoms with van der Waals surface area (Å²) in [6.45, 7) is 8.61. The van der Waals surface area contributed by atoms with E-state index in [1.54, 1.807) is 0 Å². The summed E-state index contributed by atoms with van der Waals surface area (Å²) in [6.07, 6.45) is 5.31. The van der Waals surface area contributed by atoms with E-state index in [1.807, 2.05) is 6.92 Å². The van der Waals surface area contributed by atoms with Gasteiger partial charge in [0.15, 0.2) is 5.76 Å². The van der Waals surface area contributed by atoms with E-state index in [1.165, 1.54) is 12.8 Å². The summed E-state index contributed by atoms with van der Waals surface area (Å²) < 4.78 is 10.0. The molecule has 0 saturated carbocycles. The number of carbonyl (C=O) groups is 1. The van der Waals surface area contributed by atoms with Crippen LogP contribution in [-0.4, -0.2) is 19.2 Å². The molecule has 0 spiro atoms. The van der Waals surface area contributed by atoms with Crippen LogP contribution in [0, 0.1) is 0 Å². The molecule has 0 N–H and O–H groups in total. The molecule has 0 aromatic heterocycles. The van der Waals surface area contributed by atoms with Gasteiger partial charge in [-0.3, -0.25) is 0 Å². The summed E-state index contributed by atoms with van der Waals surface area (Å²) in [4.78, 5) is 11.2. The van der Waals surface area contributed by atoms with Crippen LogP contribution < -0.4 is 0 Å². The topological polar surface area (TPSA) is 35.5 Å². The van der Waals surface area contributed by atoms with Crippen LogP contribution in [-0.2, 0) is 14.3 Å². The molecule has 0 aliphatic heterocycles. The largest absolute Gasteiger partial charge is 0.487 e. The second kappa shape index (κ2) is 9.56. The Bertz CT molecular complexity index is 187. The highest BCUT2D eigenvalue weighted by atomic mass is 16.6. The van der Waals surface area contributed by atoms with Crippen LogP contribution in [0.1, 0.15) is 46.0 Å². The maximum atomic E-state index is 11.2. The second-order valence-electron chi connectivity index (χ2n) is 3.47. The highest BCUT2D eigenvalue weighted by molar-refractivity contribution is 5.85. The number of hydrogen-bond donors (Lipinski definition) is 0. The third-order valence-corrected chi connectivity index (χ3v) is 1.94. The molecular formula is C12H22O3. The Hall–Kier alpha value is -0.990. The van der Waals surface area contributed by atoms with Crippen molar-refractivity contribution in [1.82, 2.24) is 0 Å². The molecule has 88 valence electrons. The van der Waals surface area contributed by atoms with Crippen LogP contribution in [0.3, 0.4) is 0 Å². The van der Waals surface area contributed by atoms with Crippen LogP contribution in [0.2, 0.25) is 0 Å². The number of ether oxygens (including phenoxy) is 2. The normalized spacial score (nSPS) is 9.73. The summed E-state index contributed by atoms with van der Waals surface area (Å²) >= 11 is 0. The predicted octanol–water partition coefficient (Wildman–Crippen LogP) is 3.05. The number of hydrogen-bond acceptors (Lipinski definition) is 3. The molecule has 0 bridgehead atoms. The molecule has 15 heavy (non-hydrogen) atoms. The lowest BCUT2D eigenvalue weighted by Gasteiger charge is -2.08. The minimum Gasteiger partial charge on any atom is -0.487 e. The van der Waals surface area contributed by atoms with Gasteiger partial charge < -0.3 is 9.47 Å². The molecule has 0 radical (unpaired) electrons. The van der Waals surface area contributed by atoms with Crippen molar-refractivity contribution in [2.45, 2.75) is 46.0 Å². The summed E-state index contributed by atoms with van der Waals surface area (Å²) in [5.74, 6) is -0.313. The van der Waals surface area contributed by atoms with Crippen molar-refractivity contribution >= 4 is 5.97 Å². The minimum atomic E-state index is -0.438. The fourth-order valence-electron chi connectivity index (χ4n) is 1.06. The fourth-order valence-corrected chi connectivity index (χ4v) is 1.06. The van der Waals surface area contributed by atoms with Crippen molar-refractivity contribution in [1.29, 1.82) is 0 Å². The summed E-state index contributed by atoms with van der Waals surface area (Å²) in [6, 6.07) is 0. The van der Waals surface area contributed by atoms with E-state index in [4.69, 9.17) is 9.47 Å². The van der Waals surface area contributed by atoms with E-state index in [-0.39, 0.29) is 5.76 Å². The maximum Gasteiger partial charge on any atom is 0.372 e. The molecule has 3 heteroatoms. The minimum absolute atomic E-state index is 0.125. The summed E-state index contributed by atoms with van der Waals surface area (Å²) in [7, 11) is 0. The standard InChI is InChI=1S/C12H22O3/c1-4-6-7-8-10-14-11(3)12(13)15-9-5-2/h3-10H2,1-2H3. The first-order valence-corrected chi connectivity index (χ1v) is 5.71. The van der Waals surface area contributed by atoms with Gasteiger partial charge in [0.2, 0.25) is 0 Å². The number of rotatable bonds is 9. The average Bonchev–Trinajstić information content (AvgIpc) is 2.25. The predicted molar refractivity (Wildman–Crippen MR) is 60.5 cm³/mol. The van der Waals surface area contributed by atoms with Crippen LogP contribution in [0.15, 0.2) is 12.3 Å². The van der Waals surface area contributed by atoms with Gasteiger partial charge in [0.1, 0.15) is 0 Å². The lowest BCUT2D eigenvalue weighted by Crippen LogP contribution is -2.10. The molecule has 0 aromatic carbocycles. The fraction of sp³-hybridized carbons (Fsp3) is 0.750. The molecule has 0 unspecified atom stereocenters. The first-order valence-electron chi connectivity index (χ1n) is 5.71. The molecule has 0 aliphatic rings. The number of esters is 1. The Morgan fingerprint density at radius 1 is 1.00 bits per heavy atom. The van der Waals surface area contributed by atoms with Crippen LogP contribution in [0.4, 0.5) is 0 Å². The van der Waals surface area contributed by atoms with Crippen molar-refractivity contribution in [3.05, 3.63) is 12.3 Å². The third kappa shape index (κ3) is 8.03. The van der Waals surface area contributed by atoms with Crippen LogP contribution in [0.5, 0.6) is 0 Å². The summed E-state index contributed by atoms with van der Waals surface area (Å²) in [5, 5.41) is 0. The zero-order valence-corrected chi connectivity index (χ0v) is 9.88. The van der Waals surface area contributed by atoms with Crippen LogP contribution >= 0.6 is 0 Å². The Labute approximate surface area is 92.5 Å². The second-order valence-corrected chi connectivity index (χ2v) is 3.47. The molecule has 0 rings (SSSR count). The Morgan fingerprint density at radius 2 is 1.73 bits per heavy atom. The molecule has 0 fully saturated rings. The SMILES string of the molecule is C=C(OCCCCCC)C(=O)OCCC. The van der Waals surface area contributed by atoms with Gasteiger partial charge >= 0.3 is 5.97 Å². The first-order chi connectivity index (χ1) is 7.22. The van der Waals surface area contributed by atoms with Crippen molar-refractivity contribution in [3.8, 4) is 0 Å². The highest BCUT2D eigenvalue weighted by Crippen LogP contribution is 2.03. The van der Waals surface area contributed by atoms with E-state index in [9.17, 15) is 4.79 Å². The van der Waals surface area contributed by atoms with Crippen molar-refractivity contribution in [2.75, 3.05) is 13.2 Å². The third-order valence-electron chi connectivity index (χ3n) is 1.94. The Balaban J connectivity index is 3.43. The lowest BCUT2D eigenvalue weighted by molar-refractivity contribution is -0.143. The van der Waals surface area contributed by atoms with E-state index < -0.39 is 5.97 Å². The van der Waals surface area contributed by atoms with Gasteiger partial charge in [-0.15, -0.1) is 0 Å². The zero-order valence-electron chi connectivity index (χ0n) is 9.88. The Morgan fingerprint density at radius 3 is 2.33 bits per heavy atom. The lowest BCUT2D eigenvalue weighted by atomic mass is 10.2. The number of carbonyl (C=O) groups excluding carboxylic acids is 1. The average molecular weight is 214 g/mol. The molecule has 0 amide bonds. The van der Waals surface area contributed by atoms with Gasteiger partial charge in [-0.1, -0.05) is 33.1 Å². The van der Waals surface area contributed by atoms with Gasteiger partial charge in [-0.2, -0.15) is 0 Å². The monoisotopic (exact) mass is 214 g/mol. The van der Waals surface area contributed by atoms with Crippen LogP contribution in [0.25, 0.3) is 0 Å².